The Kier molecular flexibility index (Phi) is 7.34. The van der Waals surface area contributed by atoms with Crippen molar-refractivity contribution in [3.8, 4) is 11.5 Å². The predicted octanol–water partition coefficient (Wildman–Crippen LogP) is 3.39. The van der Waals surface area contributed by atoms with Gasteiger partial charge in [-0.1, -0.05) is 38.5 Å². The summed E-state index contributed by atoms with van der Waals surface area (Å²) in [6.45, 7) is -0.658. The molecule has 3 N–H and O–H groups in total. The van der Waals surface area contributed by atoms with Crippen molar-refractivity contribution in [1.29, 1.82) is 0 Å². The zero-order valence-corrected chi connectivity index (χ0v) is 20.8. The van der Waals surface area contributed by atoms with Gasteiger partial charge in [0, 0.05) is 23.7 Å². The number of aliphatic carboxylic acids is 1. The van der Waals surface area contributed by atoms with Gasteiger partial charge in [0.25, 0.3) is 11.7 Å². The smallest absolute Gasteiger partial charge is 0.323 e. The normalized spacial score (nSPS) is 18.9. The first kappa shape index (κ1) is 25.1. The summed E-state index contributed by atoms with van der Waals surface area (Å²) in [7, 11) is 0. The van der Waals surface area contributed by atoms with Crippen LogP contribution in [0, 0.1) is 5.92 Å². The molecule has 2 aromatic rings. The summed E-state index contributed by atoms with van der Waals surface area (Å²) in [5, 5.41) is 13.3. The lowest BCUT2D eigenvalue weighted by Crippen LogP contribution is -2.58. The molecule has 1 atom stereocenters. The van der Waals surface area contributed by atoms with Crippen LogP contribution in [-0.2, 0) is 14.4 Å². The zero-order valence-electron chi connectivity index (χ0n) is 20.8. The van der Waals surface area contributed by atoms with Gasteiger partial charge in [-0.25, -0.2) is 0 Å². The van der Waals surface area contributed by atoms with E-state index in [0.29, 0.717) is 35.2 Å². The van der Waals surface area contributed by atoms with Crippen molar-refractivity contribution in [2.45, 2.75) is 76.3 Å². The van der Waals surface area contributed by atoms with Crippen LogP contribution in [0.2, 0.25) is 0 Å². The number of hydrogen-bond acceptors (Lipinski definition) is 6. The minimum Gasteiger partial charge on any atom is -0.480 e. The topological polar surface area (TPSA) is 138 Å². The summed E-state index contributed by atoms with van der Waals surface area (Å²) >= 11 is 0. The van der Waals surface area contributed by atoms with Crippen LogP contribution in [-0.4, -0.2) is 64.0 Å². The van der Waals surface area contributed by atoms with E-state index in [9.17, 15) is 24.3 Å². The molecule has 1 aromatic heterocycles. The maximum absolute atomic E-state index is 13.7. The third kappa shape index (κ3) is 5.28. The molecule has 0 bridgehead atoms. The van der Waals surface area contributed by atoms with E-state index >= 15 is 0 Å². The maximum Gasteiger partial charge on any atom is 0.323 e. The fraction of sp³-hybridized carbons (Fsp3) is 0.556. The quantitative estimate of drug-likeness (QED) is 0.365. The maximum atomic E-state index is 13.7. The molecule has 2 saturated carbocycles. The highest BCUT2D eigenvalue weighted by atomic mass is 16.7. The van der Waals surface area contributed by atoms with Gasteiger partial charge in [0.1, 0.15) is 12.6 Å². The number of carbonyl (C=O) groups excluding carboxylic acids is 3. The van der Waals surface area contributed by atoms with Gasteiger partial charge in [0.05, 0.1) is 11.1 Å². The Balaban J connectivity index is 1.46. The molecule has 37 heavy (non-hydrogen) atoms. The molecule has 1 aromatic carbocycles. The van der Waals surface area contributed by atoms with E-state index in [1.54, 1.807) is 12.1 Å². The zero-order chi connectivity index (χ0) is 25.9. The fourth-order valence-electron chi connectivity index (χ4n) is 5.98. The Bertz CT molecular complexity index is 1190. The molecule has 1 aliphatic heterocycles. The molecule has 0 spiro atoms. The predicted molar refractivity (Wildman–Crippen MR) is 133 cm³/mol. The monoisotopic (exact) mass is 511 g/mol. The number of amides is 2. The van der Waals surface area contributed by atoms with Gasteiger partial charge in [-0.3, -0.25) is 19.2 Å². The number of H-pyrrole nitrogens is 1. The molecule has 10 heteroatoms. The molecule has 2 fully saturated rings. The molecule has 2 aliphatic carbocycles. The number of carboxylic acid groups (broad SMARTS) is 1. The Hall–Kier alpha value is -3.56. The number of nitrogens with one attached hydrogen (secondary N) is 2. The van der Waals surface area contributed by atoms with Crippen LogP contribution in [0.25, 0.3) is 10.9 Å². The molecule has 5 rings (SSSR count). The van der Waals surface area contributed by atoms with Gasteiger partial charge < -0.3 is 29.8 Å². The summed E-state index contributed by atoms with van der Waals surface area (Å²) < 4.78 is 10.8. The number of ketones is 1. The van der Waals surface area contributed by atoms with E-state index < -0.39 is 30.2 Å². The summed E-state index contributed by atoms with van der Waals surface area (Å²) in [6.07, 6.45) is 10.6. The fourth-order valence-corrected chi connectivity index (χ4v) is 5.98. The minimum atomic E-state index is -1.27. The molecule has 0 radical (unpaired) electrons. The number of carboxylic acids is 1. The number of rotatable bonds is 8. The van der Waals surface area contributed by atoms with Crippen LogP contribution in [0.15, 0.2) is 18.3 Å². The number of fused-ring (bicyclic) bond motifs is 2. The summed E-state index contributed by atoms with van der Waals surface area (Å²) in [6, 6.07) is 2.31. The van der Waals surface area contributed by atoms with Crippen LogP contribution in [0.1, 0.15) is 74.6 Å². The lowest BCUT2D eigenvalue weighted by molar-refractivity contribution is -0.148. The summed E-state index contributed by atoms with van der Waals surface area (Å²) in [4.78, 5) is 56.7. The largest absolute Gasteiger partial charge is 0.480 e. The van der Waals surface area contributed by atoms with Crippen molar-refractivity contribution in [2.24, 2.45) is 5.92 Å². The van der Waals surface area contributed by atoms with Gasteiger partial charge in [0.2, 0.25) is 12.7 Å². The lowest BCUT2D eigenvalue weighted by atomic mass is 9.82. The number of hydrogen-bond donors (Lipinski definition) is 3. The standard InChI is InChI=1S/C27H33N3O7/c31-23(32)14-30(24(16-7-3-1-4-8-16)26(34)29-17-9-5-2-6-10-17)27(35)25(33)19-13-28-20-12-22-21(11-18(19)20)36-15-37-22/h11-13,16-17,24,28H,1-10,14-15H2,(H,29,34)(H,31,32). The number of carbonyl (C=O) groups is 4. The van der Waals surface area contributed by atoms with E-state index in [4.69, 9.17) is 9.47 Å². The molecular formula is C27H33N3O7. The third-order valence-electron chi connectivity index (χ3n) is 7.83. The second-order valence-electron chi connectivity index (χ2n) is 10.3. The Labute approximate surface area is 214 Å². The molecule has 1 unspecified atom stereocenters. The van der Waals surface area contributed by atoms with Gasteiger partial charge in [-0.15, -0.1) is 0 Å². The number of aromatic nitrogens is 1. The number of aromatic amines is 1. The van der Waals surface area contributed by atoms with Crippen LogP contribution in [0.4, 0.5) is 0 Å². The average Bonchev–Trinajstić information content (AvgIpc) is 3.53. The third-order valence-corrected chi connectivity index (χ3v) is 7.83. The van der Waals surface area contributed by atoms with Gasteiger partial charge in [0.15, 0.2) is 11.5 Å². The van der Waals surface area contributed by atoms with Gasteiger partial charge >= 0.3 is 5.97 Å². The number of ether oxygens (including phenoxy) is 2. The van der Waals surface area contributed by atoms with E-state index in [1.807, 2.05) is 0 Å². The van der Waals surface area contributed by atoms with Crippen molar-refractivity contribution in [3.63, 3.8) is 0 Å². The van der Waals surface area contributed by atoms with Crippen molar-refractivity contribution < 1.29 is 33.8 Å². The van der Waals surface area contributed by atoms with Gasteiger partial charge in [-0.2, -0.15) is 0 Å². The van der Waals surface area contributed by atoms with E-state index in [0.717, 1.165) is 56.3 Å². The Morgan fingerprint density at radius 1 is 0.973 bits per heavy atom. The summed E-state index contributed by atoms with van der Waals surface area (Å²) in [5.74, 6) is -2.69. The van der Waals surface area contributed by atoms with Crippen LogP contribution < -0.4 is 14.8 Å². The second-order valence-corrected chi connectivity index (χ2v) is 10.3. The van der Waals surface area contributed by atoms with Crippen LogP contribution >= 0.6 is 0 Å². The second kappa shape index (κ2) is 10.8. The summed E-state index contributed by atoms with van der Waals surface area (Å²) in [5.41, 5.74) is 0.688. The molecule has 0 saturated heterocycles. The SMILES string of the molecule is O=C(O)CN(C(=O)C(=O)c1c[nH]c2cc3c(cc12)OCO3)C(C(=O)NC1CCCCC1)C1CCCCC1. The first-order valence-electron chi connectivity index (χ1n) is 13.2. The molecular weight excluding hydrogens is 478 g/mol. The molecule has 3 aliphatic rings. The first-order chi connectivity index (χ1) is 17.9. The molecule has 2 heterocycles. The first-order valence-corrected chi connectivity index (χ1v) is 13.2. The number of Topliss-reactive ketones (excluding diaryl/α,β-unsaturated/α-hetero) is 1. The lowest BCUT2D eigenvalue weighted by Gasteiger charge is -2.38. The number of benzene rings is 1. The molecule has 10 nitrogen and oxygen atoms in total. The minimum absolute atomic E-state index is 0.00255. The highest BCUT2D eigenvalue weighted by Gasteiger charge is 2.41. The van der Waals surface area contributed by atoms with Crippen LogP contribution in [0.5, 0.6) is 11.5 Å². The van der Waals surface area contributed by atoms with E-state index in [-0.39, 0.29) is 30.2 Å². The van der Waals surface area contributed by atoms with Crippen molar-refractivity contribution in [3.05, 3.63) is 23.9 Å². The van der Waals surface area contributed by atoms with Crippen molar-refractivity contribution in [1.82, 2.24) is 15.2 Å². The number of nitrogens with zero attached hydrogens (tertiary/aromatic N) is 1. The Morgan fingerprint density at radius 2 is 1.62 bits per heavy atom. The highest BCUT2D eigenvalue weighted by Crippen LogP contribution is 2.37. The highest BCUT2D eigenvalue weighted by molar-refractivity contribution is 6.45. The Morgan fingerprint density at radius 3 is 2.30 bits per heavy atom. The van der Waals surface area contributed by atoms with Crippen molar-refractivity contribution in [2.75, 3.05) is 13.3 Å². The molecule has 198 valence electrons. The van der Waals surface area contributed by atoms with Gasteiger partial charge in [-0.05, 0) is 37.7 Å². The van der Waals surface area contributed by atoms with Crippen LogP contribution in [0.3, 0.4) is 0 Å². The average molecular weight is 512 g/mol. The molecule has 2 amide bonds. The van der Waals surface area contributed by atoms with Crippen molar-refractivity contribution >= 4 is 34.5 Å². The van der Waals surface area contributed by atoms with E-state index in [1.165, 1.54) is 6.20 Å². The van der Waals surface area contributed by atoms with E-state index in [2.05, 4.69) is 10.3 Å².